The first-order chi connectivity index (χ1) is 15.2. The second-order valence-electron chi connectivity index (χ2n) is 7.21. The Morgan fingerprint density at radius 1 is 1.03 bits per heavy atom. The summed E-state index contributed by atoms with van der Waals surface area (Å²) in [7, 11) is 0. The molecule has 0 saturated carbocycles. The molecule has 0 bridgehead atoms. The first kappa shape index (κ1) is 20.7. The topological polar surface area (TPSA) is 57.7 Å². The van der Waals surface area contributed by atoms with Crippen LogP contribution in [0.1, 0.15) is 17.3 Å². The van der Waals surface area contributed by atoms with E-state index in [9.17, 15) is 9.18 Å². The van der Waals surface area contributed by atoms with E-state index in [4.69, 9.17) is 4.74 Å². The molecule has 7 heteroatoms. The number of hydrogen-bond acceptors (Lipinski definition) is 5. The Hall–Kier alpha value is -3.61. The summed E-state index contributed by atoms with van der Waals surface area (Å²) in [5.74, 6) is 0.970. The van der Waals surface area contributed by atoms with Crippen LogP contribution in [-0.4, -0.2) is 48.6 Å². The van der Waals surface area contributed by atoms with E-state index in [2.05, 4.69) is 10.3 Å². The van der Waals surface area contributed by atoms with Crippen LogP contribution in [0.4, 0.5) is 21.6 Å². The number of benzene rings is 2. The summed E-state index contributed by atoms with van der Waals surface area (Å²) in [6.07, 6.45) is 1.66. The summed E-state index contributed by atoms with van der Waals surface area (Å²) in [5.41, 5.74) is 1.91. The van der Waals surface area contributed by atoms with Crippen molar-refractivity contribution in [2.45, 2.75) is 6.92 Å². The maximum atomic E-state index is 14.1. The number of rotatable bonds is 6. The molecule has 0 unspecified atom stereocenters. The number of para-hydroxylation sites is 1. The van der Waals surface area contributed by atoms with E-state index in [1.807, 2.05) is 42.2 Å². The van der Waals surface area contributed by atoms with Crippen LogP contribution in [0.15, 0.2) is 66.9 Å². The number of pyridine rings is 1. The van der Waals surface area contributed by atoms with E-state index < -0.39 is 0 Å². The minimum atomic E-state index is -0.239. The van der Waals surface area contributed by atoms with Crippen LogP contribution >= 0.6 is 0 Å². The number of aromatic nitrogens is 1. The molecule has 1 fully saturated rings. The van der Waals surface area contributed by atoms with Gasteiger partial charge in [-0.3, -0.25) is 4.79 Å². The molecule has 2 aromatic carbocycles. The van der Waals surface area contributed by atoms with Gasteiger partial charge in [-0.1, -0.05) is 12.1 Å². The molecule has 4 rings (SSSR count). The minimum Gasteiger partial charge on any atom is -0.494 e. The number of nitrogens with zero attached hydrogens (tertiary/aromatic N) is 3. The van der Waals surface area contributed by atoms with Crippen molar-refractivity contribution in [3.05, 3.63) is 78.2 Å². The zero-order valence-electron chi connectivity index (χ0n) is 17.4. The van der Waals surface area contributed by atoms with Gasteiger partial charge in [0.2, 0.25) is 0 Å². The molecule has 31 heavy (non-hydrogen) atoms. The Labute approximate surface area is 181 Å². The van der Waals surface area contributed by atoms with Crippen molar-refractivity contribution in [2.24, 2.45) is 0 Å². The molecule has 3 aromatic rings. The van der Waals surface area contributed by atoms with E-state index in [-0.39, 0.29) is 11.7 Å². The van der Waals surface area contributed by atoms with Crippen LogP contribution in [0.5, 0.6) is 5.75 Å². The van der Waals surface area contributed by atoms with E-state index in [1.54, 1.807) is 35.4 Å². The number of halogens is 1. The van der Waals surface area contributed by atoms with E-state index in [0.717, 1.165) is 11.4 Å². The van der Waals surface area contributed by atoms with Gasteiger partial charge >= 0.3 is 0 Å². The number of amides is 1. The van der Waals surface area contributed by atoms with Gasteiger partial charge < -0.3 is 19.9 Å². The molecule has 1 saturated heterocycles. The van der Waals surface area contributed by atoms with E-state index >= 15 is 0 Å². The molecule has 0 aliphatic carbocycles. The van der Waals surface area contributed by atoms with Crippen molar-refractivity contribution in [1.29, 1.82) is 0 Å². The lowest BCUT2D eigenvalue weighted by Gasteiger charge is -2.36. The fraction of sp³-hybridized carbons (Fsp3) is 0.250. The molecule has 1 N–H and O–H groups in total. The first-order valence-electron chi connectivity index (χ1n) is 10.4. The van der Waals surface area contributed by atoms with Crippen molar-refractivity contribution in [3.8, 4) is 5.75 Å². The Morgan fingerprint density at radius 2 is 1.77 bits per heavy atom. The molecule has 1 aromatic heterocycles. The quantitative estimate of drug-likeness (QED) is 0.644. The van der Waals surface area contributed by atoms with Crippen molar-refractivity contribution in [2.75, 3.05) is 43.0 Å². The molecule has 0 atom stereocenters. The lowest BCUT2D eigenvalue weighted by atomic mass is 10.1. The highest BCUT2D eigenvalue weighted by atomic mass is 19.1. The number of ether oxygens (including phenoxy) is 1. The third kappa shape index (κ3) is 4.77. The number of nitrogens with one attached hydrogen (secondary N) is 1. The van der Waals surface area contributed by atoms with Gasteiger partial charge in [0.05, 0.1) is 17.9 Å². The standard InChI is InChI=1S/C24H25FN4O2/c1-2-31-19-11-9-18(10-12-19)27-23-20(6-5-13-26-23)24(30)29-16-14-28(15-17-29)22-8-4-3-7-21(22)25/h3-13H,2,14-17H2,1H3,(H,26,27). The second kappa shape index (κ2) is 9.47. The maximum Gasteiger partial charge on any atom is 0.257 e. The highest BCUT2D eigenvalue weighted by Crippen LogP contribution is 2.24. The summed E-state index contributed by atoms with van der Waals surface area (Å²) in [6, 6.07) is 17.8. The Balaban J connectivity index is 1.44. The van der Waals surface area contributed by atoms with Gasteiger partial charge in [0.1, 0.15) is 17.4 Å². The van der Waals surface area contributed by atoms with Crippen LogP contribution < -0.4 is 15.0 Å². The molecule has 2 heterocycles. The molecular weight excluding hydrogens is 395 g/mol. The highest BCUT2D eigenvalue weighted by molar-refractivity contribution is 5.99. The highest BCUT2D eigenvalue weighted by Gasteiger charge is 2.25. The summed E-state index contributed by atoms with van der Waals surface area (Å²) < 4.78 is 19.5. The minimum absolute atomic E-state index is 0.0882. The van der Waals surface area contributed by atoms with E-state index in [0.29, 0.717) is 49.9 Å². The maximum absolute atomic E-state index is 14.1. The molecular formula is C24H25FN4O2. The molecule has 6 nitrogen and oxygen atoms in total. The fourth-order valence-electron chi connectivity index (χ4n) is 3.64. The number of carbonyl (C=O) groups excluding carboxylic acids is 1. The predicted molar refractivity (Wildman–Crippen MR) is 120 cm³/mol. The van der Waals surface area contributed by atoms with Crippen molar-refractivity contribution in [1.82, 2.24) is 9.88 Å². The summed E-state index contributed by atoms with van der Waals surface area (Å²) >= 11 is 0. The molecule has 1 aliphatic heterocycles. The Bertz CT molecular complexity index is 1030. The predicted octanol–water partition coefficient (Wildman–Crippen LogP) is 4.33. The van der Waals surface area contributed by atoms with Gasteiger partial charge in [0.15, 0.2) is 0 Å². The largest absolute Gasteiger partial charge is 0.494 e. The monoisotopic (exact) mass is 420 g/mol. The van der Waals surface area contributed by atoms with Crippen LogP contribution in [0.2, 0.25) is 0 Å². The average Bonchev–Trinajstić information content (AvgIpc) is 2.81. The van der Waals surface area contributed by atoms with Gasteiger partial charge in [0, 0.05) is 38.1 Å². The molecule has 1 aliphatic rings. The SMILES string of the molecule is CCOc1ccc(Nc2ncccc2C(=O)N2CCN(c3ccccc3F)CC2)cc1. The van der Waals surface area contributed by atoms with Crippen LogP contribution in [0, 0.1) is 5.82 Å². The lowest BCUT2D eigenvalue weighted by molar-refractivity contribution is 0.0747. The summed E-state index contributed by atoms with van der Waals surface area (Å²) in [5, 5.41) is 3.23. The molecule has 0 radical (unpaired) electrons. The zero-order valence-corrected chi connectivity index (χ0v) is 17.4. The van der Waals surface area contributed by atoms with Gasteiger partial charge in [-0.05, 0) is 55.5 Å². The van der Waals surface area contributed by atoms with Crippen LogP contribution in [-0.2, 0) is 0 Å². The molecule has 0 spiro atoms. The number of carbonyl (C=O) groups is 1. The Morgan fingerprint density at radius 3 is 2.48 bits per heavy atom. The number of anilines is 3. The van der Waals surface area contributed by atoms with Gasteiger partial charge in [-0.25, -0.2) is 9.37 Å². The van der Waals surface area contributed by atoms with Gasteiger partial charge in [-0.15, -0.1) is 0 Å². The molecule has 160 valence electrons. The fourth-order valence-corrected chi connectivity index (χ4v) is 3.64. The average molecular weight is 420 g/mol. The first-order valence-corrected chi connectivity index (χ1v) is 10.4. The summed E-state index contributed by atoms with van der Waals surface area (Å²) in [4.78, 5) is 21.3. The third-order valence-corrected chi connectivity index (χ3v) is 5.23. The zero-order chi connectivity index (χ0) is 21.6. The lowest BCUT2D eigenvalue weighted by Crippen LogP contribution is -2.49. The third-order valence-electron chi connectivity index (χ3n) is 5.23. The van der Waals surface area contributed by atoms with Crippen LogP contribution in [0.3, 0.4) is 0 Å². The second-order valence-corrected chi connectivity index (χ2v) is 7.21. The van der Waals surface area contributed by atoms with Crippen LogP contribution in [0.25, 0.3) is 0 Å². The molecule has 1 amide bonds. The smallest absolute Gasteiger partial charge is 0.257 e. The Kier molecular flexibility index (Phi) is 6.31. The van der Waals surface area contributed by atoms with Crippen molar-refractivity contribution in [3.63, 3.8) is 0 Å². The van der Waals surface area contributed by atoms with Crippen molar-refractivity contribution >= 4 is 23.1 Å². The van der Waals surface area contributed by atoms with Crippen molar-refractivity contribution < 1.29 is 13.9 Å². The normalized spacial score (nSPS) is 13.7. The number of piperazine rings is 1. The summed E-state index contributed by atoms with van der Waals surface area (Å²) in [6.45, 7) is 4.74. The number of hydrogen-bond donors (Lipinski definition) is 1. The van der Waals surface area contributed by atoms with Gasteiger partial charge in [0.25, 0.3) is 5.91 Å². The van der Waals surface area contributed by atoms with Gasteiger partial charge in [-0.2, -0.15) is 0 Å². The van der Waals surface area contributed by atoms with E-state index in [1.165, 1.54) is 6.07 Å².